The first kappa shape index (κ1) is 17.3. The summed E-state index contributed by atoms with van der Waals surface area (Å²) >= 11 is 0. The lowest BCUT2D eigenvalue weighted by atomic mass is 9.98. The van der Waals surface area contributed by atoms with Crippen molar-refractivity contribution in [1.82, 2.24) is 14.9 Å². The van der Waals surface area contributed by atoms with E-state index in [1.54, 1.807) is 24.5 Å². The Morgan fingerprint density at radius 3 is 2.88 bits per heavy atom. The highest BCUT2D eigenvalue weighted by atomic mass is 19.1. The maximum atomic E-state index is 14.1. The molecule has 2 aromatic rings. The number of piperidine rings is 1. The van der Waals surface area contributed by atoms with Crippen LogP contribution in [0.1, 0.15) is 29.5 Å². The van der Waals surface area contributed by atoms with Crippen molar-refractivity contribution in [3.63, 3.8) is 0 Å². The number of benzene rings is 1. The molecule has 6 heteroatoms. The van der Waals surface area contributed by atoms with Crippen molar-refractivity contribution in [2.75, 3.05) is 19.7 Å². The summed E-state index contributed by atoms with van der Waals surface area (Å²) in [6.07, 6.45) is 5.62. The van der Waals surface area contributed by atoms with Gasteiger partial charge >= 0.3 is 6.01 Å². The molecule has 1 aliphatic rings. The van der Waals surface area contributed by atoms with E-state index < -0.39 is 0 Å². The predicted octanol–water partition coefficient (Wildman–Crippen LogP) is 3.09. The van der Waals surface area contributed by atoms with E-state index in [-0.39, 0.29) is 5.82 Å². The Hall–Kier alpha value is -2.52. The smallest absolute Gasteiger partial charge is 0.316 e. The van der Waals surface area contributed by atoms with Gasteiger partial charge in [0, 0.05) is 37.0 Å². The number of hydrogen-bond acceptors (Lipinski definition) is 5. The van der Waals surface area contributed by atoms with E-state index in [1.165, 1.54) is 6.07 Å². The molecule has 25 heavy (non-hydrogen) atoms. The van der Waals surface area contributed by atoms with Crippen LogP contribution in [0.4, 0.5) is 4.39 Å². The van der Waals surface area contributed by atoms with Gasteiger partial charge in [-0.05, 0) is 44.0 Å². The van der Waals surface area contributed by atoms with E-state index in [0.29, 0.717) is 36.2 Å². The lowest BCUT2D eigenvalue weighted by Crippen LogP contribution is -2.37. The fourth-order valence-electron chi connectivity index (χ4n) is 3.06. The Balaban J connectivity index is 1.54. The number of nitriles is 1. The molecule has 2 heterocycles. The Kier molecular flexibility index (Phi) is 5.56. The van der Waals surface area contributed by atoms with Gasteiger partial charge in [-0.3, -0.25) is 4.90 Å². The van der Waals surface area contributed by atoms with Gasteiger partial charge in [0.15, 0.2) is 0 Å². The van der Waals surface area contributed by atoms with Crippen molar-refractivity contribution in [2.24, 2.45) is 5.92 Å². The van der Waals surface area contributed by atoms with E-state index in [4.69, 9.17) is 10.00 Å². The number of halogens is 1. The summed E-state index contributed by atoms with van der Waals surface area (Å²) in [5.41, 5.74) is 1.98. The Labute approximate surface area is 147 Å². The zero-order valence-corrected chi connectivity index (χ0v) is 14.3. The second-order valence-electron chi connectivity index (χ2n) is 6.52. The van der Waals surface area contributed by atoms with Crippen LogP contribution in [0.5, 0.6) is 6.01 Å². The molecule has 0 radical (unpaired) electrons. The van der Waals surface area contributed by atoms with Crippen LogP contribution in [-0.4, -0.2) is 34.6 Å². The summed E-state index contributed by atoms with van der Waals surface area (Å²) < 4.78 is 19.8. The number of rotatable bonds is 5. The molecule has 0 N–H and O–H groups in total. The van der Waals surface area contributed by atoms with E-state index in [1.807, 2.05) is 13.0 Å². The van der Waals surface area contributed by atoms with Gasteiger partial charge in [0.25, 0.3) is 0 Å². The summed E-state index contributed by atoms with van der Waals surface area (Å²) in [4.78, 5) is 10.5. The Bertz CT molecular complexity index is 757. The molecule has 0 bridgehead atoms. The molecule has 0 amide bonds. The highest BCUT2D eigenvalue weighted by Crippen LogP contribution is 2.21. The van der Waals surface area contributed by atoms with Crippen LogP contribution in [-0.2, 0) is 6.54 Å². The van der Waals surface area contributed by atoms with Gasteiger partial charge in [0.1, 0.15) is 5.82 Å². The van der Waals surface area contributed by atoms with Crippen molar-refractivity contribution >= 4 is 0 Å². The molecule has 1 aliphatic heterocycles. The third-order valence-electron chi connectivity index (χ3n) is 4.38. The van der Waals surface area contributed by atoms with Crippen LogP contribution in [0.15, 0.2) is 30.6 Å². The fraction of sp³-hybridized carbons (Fsp3) is 0.421. The number of likely N-dealkylation sites (tertiary alicyclic amines) is 1. The lowest BCUT2D eigenvalue weighted by molar-refractivity contribution is 0.120. The second kappa shape index (κ2) is 8.04. The summed E-state index contributed by atoms with van der Waals surface area (Å²) in [6, 6.07) is 7.03. The molecule has 1 aromatic carbocycles. The molecule has 0 saturated carbocycles. The van der Waals surface area contributed by atoms with E-state index in [2.05, 4.69) is 14.9 Å². The van der Waals surface area contributed by atoms with Crippen LogP contribution in [0.2, 0.25) is 0 Å². The Morgan fingerprint density at radius 1 is 1.36 bits per heavy atom. The van der Waals surface area contributed by atoms with E-state index in [9.17, 15) is 4.39 Å². The summed E-state index contributed by atoms with van der Waals surface area (Å²) in [6.45, 7) is 4.85. The molecular formula is C19H21FN4O. The monoisotopic (exact) mass is 340 g/mol. The third-order valence-corrected chi connectivity index (χ3v) is 4.38. The maximum Gasteiger partial charge on any atom is 0.316 e. The third kappa shape index (κ3) is 4.74. The zero-order valence-electron chi connectivity index (χ0n) is 14.3. The zero-order chi connectivity index (χ0) is 17.6. The number of aryl methyl sites for hydroxylation is 1. The van der Waals surface area contributed by atoms with Crippen molar-refractivity contribution in [3.8, 4) is 12.1 Å². The van der Waals surface area contributed by atoms with E-state index >= 15 is 0 Å². The summed E-state index contributed by atoms with van der Waals surface area (Å²) in [5.74, 6) is 0.0607. The molecule has 1 fully saturated rings. The minimum absolute atomic E-state index is 0.314. The van der Waals surface area contributed by atoms with Crippen molar-refractivity contribution < 1.29 is 9.13 Å². The van der Waals surface area contributed by atoms with Crippen LogP contribution < -0.4 is 4.74 Å². The Morgan fingerprint density at radius 2 is 2.16 bits per heavy atom. The minimum Gasteiger partial charge on any atom is -0.463 e. The number of hydrogen-bond donors (Lipinski definition) is 0. The highest BCUT2D eigenvalue weighted by Gasteiger charge is 2.21. The summed E-state index contributed by atoms with van der Waals surface area (Å²) in [5, 5.41) is 8.83. The maximum absolute atomic E-state index is 14.1. The van der Waals surface area contributed by atoms with Crippen LogP contribution in [0.3, 0.4) is 0 Å². The van der Waals surface area contributed by atoms with Crippen molar-refractivity contribution in [3.05, 3.63) is 53.1 Å². The molecule has 3 rings (SSSR count). The SMILES string of the molecule is Cc1cnc(OCC2CCCN(Cc3ccc(C#N)cc3F)C2)nc1. The van der Waals surface area contributed by atoms with Gasteiger partial charge in [-0.2, -0.15) is 5.26 Å². The summed E-state index contributed by atoms with van der Waals surface area (Å²) in [7, 11) is 0. The van der Waals surface area contributed by atoms with Crippen LogP contribution in [0.25, 0.3) is 0 Å². The fourth-order valence-corrected chi connectivity index (χ4v) is 3.06. The normalized spacial score (nSPS) is 17.9. The van der Waals surface area contributed by atoms with Gasteiger partial charge in [-0.15, -0.1) is 0 Å². The molecule has 0 spiro atoms. The lowest BCUT2D eigenvalue weighted by Gasteiger charge is -2.32. The molecule has 1 unspecified atom stereocenters. The number of aromatic nitrogens is 2. The molecule has 130 valence electrons. The first-order valence-corrected chi connectivity index (χ1v) is 8.46. The number of nitrogens with zero attached hydrogens (tertiary/aromatic N) is 4. The minimum atomic E-state index is -0.314. The van der Waals surface area contributed by atoms with Crippen LogP contribution in [0, 0.1) is 30.0 Å². The molecule has 1 saturated heterocycles. The predicted molar refractivity (Wildman–Crippen MR) is 91.4 cm³/mol. The highest BCUT2D eigenvalue weighted by molar-refractivity contribution is 5.32. The van der Waals surface area contributed by atoms with E-state index in [0.717, 1.165) is 31.5 Å². The topological polar surface area (TPSA) is 62.0 Å². The second-order valence-corrected chi connectivity index (χ2v) is 6.52. The average Bonchev–Trinajstić information content (AvgIpc) is 2.63. The quantitative estimate of drug-likeness (QED) is 0.837. The largest absolute Gasteiger partial charge is 0.463 e. The van der Waals surface area contributed by atoms with Crippen LogP contribution >= 0.6 is 0 Å². The molecule has 1 aromatic heterocycles. The van der Waals surface area contributed by atoms with Gasteiger partial charge in [0.05, 0.1) is 18.2 Å². The van der Waals surface area contributed by atoms with Gasteiger partial charge in [0.2, 0.25) is 0 Å². The standard InChI is InChI=1S/C19H21FN4O/c1-14-9-22-19(23-10-14)25-13-16-3-2-6-24(11-16)12-17-5-4-15(8-21)7-18(17)20/h4-5,7,9-10,16H,2-3,6,11-13H2,1H3. The molecule has 0 aliphatic carbocycles. The number of ether oxygens (including phenoxy) is 1. The first-order chi connectivity index (χ1) is 12.1. The molecule has 1 atom stereocenters. The first-order valence-electron chi connectivity index (χ1n) is 8.46. The molecular weight excluding hydrogens is 319 g/mol. The van der Waals surface area contributed by atoms with Crippen molar-refractivity contribution in [2.45, 2.75) is 26.3 Å². The average molecular weight is 340 g/mol. The molecule has 5 nitrogen and oxygen atoms in total. The van der Waals surface area contributed by atoms with Crippen molar-refractivity contribution in [1.29, 1.82) is 5.26 Å². The van der Waals surface area contributed by atoms with Gasteiger partial charge in [-0.25, -0.2) is 14.4 Å². The van der Waals surface area contributed by atoms with Gasteiger partial charge < -0.3 is 4.74 Å². The van der Waals surface area contributed by atoms with Gasteiger partial charge in [-0.1, -0.05) is 6.07 Å².